The van der Waals surface area contributed by atoms with Gasteiger partial charge in [-0.05, 0) is 86.7 Å². The van der Waals surface area contributed by atoms with Crippen LogP contribution >= 0.6 is 0 Å². The number of aryl methyl sites for hydroxylation is 3. The second-order valence-electron chi connectivity index (χ2n) is 10.6. The van der Waals surface area contributed by atoms with Crippen LogP contribution in [-0.2, 0) is 26.2 Å². The van der Waals surface area contributed by atoms with Gasteiger partial charge in [0.25, 0.3) is 10.0 Å². The lowest BCUT2D eigenvalue weighted by atomic mass is 10.1. The summed E-state index contributed by atoms with van der Waals surface area (Å²) in [6, 6.07) is 16.5. The van der Waals surface area contributed by atoms with Crippen molar-refractivity contribution in [1.29, 1.82) is 0 Å². The molecule has 0 aliphatic carbocycles. The first-order valence-corrected chi connectivity index (χ1v) is 14.7. The molecule has 0 heterocycles. The van der Waals surface area contributed by atoms with Crippen molar-refractivity contribution in [3.05, 3.63) is 94.8 Å². The van der Waals surface area contributed by atoms with Gasteiger partial charge in [0.2, 0.25) is 11.8 Å². The first-order valence-electron chi connectivity index (χ1n) is 13.3. The Hall–Kier alpha value is -3.72. The van der Waals surface area contributed by atoms with Gasteiger partial charge in [0.15, 0.2) is 0 Å². The fourth-order valence-electron chi connectivity index (χ4n) is 4.28. The van der Waals surface area contributed by atoms with Crippen molar-refractivity contribution >= 4 is 27.5 Å². The van der Waals surface area contributed by atoms with Gasteiger partial charge >= 0.3 is 0 Å². The van der Waals surface area contributed by atoms with Crippen LogP contribution in [0.15, 0.2) is 71.6 Å². The number of carbonyl (C=O) groups excluding carboxylic acids is 2. The Morgan fingerprint density at radius 2 is 1.43 bits per heavy atom. The maximum Gasteiger partial charge on any atom is 0.264 e. The predicted molar refractivity (Wildman–Crippen MR) is 156 cm³/mol. The summed E-state index contributed by atoms with van der Waals surface area (Å²) in [6.07, 6.45) is 0. The van der Waals surface area contributed by atoms with Crippen molar-refractivity contribution in [2.45, 2.75) is 59.0 Å². The van der Waals surface area contributed by atoms with Crippen LogP contribution in [0.5, 0.6) is 0 Å². The van der Waals surface area contributed by atoms with E-state index in [2.05, 4.69) is 5.32 Å². The van der Waals surface area contributed by atoms with E-state index in [-0.39, 0.29) is 23.3 Å². The number of rotatable bonds is 11. The minimum absolute atomic E-state index is 0.000638. The Bertz CT molecular complexity index is 1420. The number of hydrogen-bond donors (Lipinski definition) is 1. The van der Waals surface area contributed by atoms with E-state index >= 15 is 0 Å². The molecule has 0 fully saturated rings. The summed E-state index contributed by atoms with van der Waals surface area (Å²) in [4.78, 5) is 28.4. The minimum atomic E-state index is -4.14. The maximum atomic E-state index is 14.0. The molecule has 3 aromatic carbocycles. The molecule has 3 rings (SSSR count). The first-order chi connectivity index (χ1) is 18.8. The van der Waals surface area contributed by atoms with E-state index in [0.717, 1.165) is 21.0 Å². The molecule has 7 nitrogen and oxygen atoms in total. The number of carbonyl (C=O) groups is 2. The van der Waals surface area contributed by atoms with Crippen molar-refractivity contribution in [1.82, 2.24) is 10.2 Å². The molecule has 0 radical (unpaired) electrons. The van der Waals surface area contributed by atoms with Gasteiger partial charge in [-0.15, -0.1) is 0 Å². The third-order valence-corrected chi connectivity index (χ3v) is 8.29. The highest BCUT2D eigenvalue weighted by molar-refractivity contribution is 7.92. The van der Waals surface area contributed by atoms with Gasteiger partial charge in [-0.3, -0.25) is 13.9 Å². The molecule has 0 saturated carbocycles. The van der Waals surface area contributed by atoms with E-state index in [1.54, 1.807) is 43.3 Å². The minimum Gasteiger partial charge on any atom is -0.354 e. The largest absolute Gasteiger partial charge is 0.354 e. The van der Waals surface area contributed by atoms with E-state index < -0.39 is 34.3 Å². The van der Waals surface area contributed by atoms with E-state index in [0.29, 0.717) is 17.8 Å². The molecule has 0 spiro atoms. The van der Waals surface area contributed by atoms with Crippen molar-refractivity contribution in [3.8, 4) is 0 Å². The fourth-order valence-corrected chi connectivity index (χ4v) is 5.68. The van der Waals surface area contributed by atoms with Crippen LogP contribution in [0.1, 0.15) is 43.0 Å². The molecule has 1 N–H and O–H groups in total. The van der Waals surface area contributed by atoms with Crippen LogP contribution in [0.3, 0.4) is 0 Å². The molecule has 0 saturated heterocycles. The lowest BCUT2D eigenvalue weighted by molar-refractivity contribution is -0.139. The van der Waals surface area contributed by atoms with E-state index in [9.17, 15) is 22.4 Å². The Balaban J connectivity index is 2.04. The number of halogens is 1. The highest BCUT2D eigenvalue weighted by Gasteiger charge is 2.32. The maximum absolute atomic E-state index is 14.0. The summed E-state index contributed by atoms with van der Waals surface area (Å²) in [5, 5.41) is 2.85. The Morgan fingerprint density at radius 1 is 0.850 bits per heavy atom. The topological polar surface area (TPSA) is 86.8 Å². The number of benzene rings is 3. The van der Waals surface area contributed by atoms with Crippen molar-refractivity contribution < 1.29 is 22.4 Å². The number of sulfonamides is 1. The van der Waals surface area contributed by atoms with Gasteiger partial charge in [0.1, 0.15) is 18.4 Å². The third kappa shape index (κ3) is 7.91. The summed E-state index contributed by atoms with van der Waals surface area (Å²) in [5.74, 6) is -1.14. The molecule has 0 aromatic heterocycles. The third-order valence-electron chi connectivity index (χ3n) is 6.50. The van der Waals surface area contributed by atoms with Crippen LogP contribution in [-0.4, -0.2) is 44.3 Å². The van der Waals surface area contributed by atoms with Crippen molar-refractivity contribution in [2.75, 3.05) is 17.4 Å². The zero-order valence-electron chi connectivity index (χ0n) is 23.9. The smallest absolute Gasteiger partial charge is 0.264 e. The summed E-state index contributed by atoms with van der Waals surface area (Å²) < 4.78 is 42.5. The van der Waals surface area contributed by atoms with Gasteiger partial charge in [0.05, 0.1) is 10.6 Å². The van der Waals surface area contributed by atoms with Gasteiger partial charge in [-0.25, -0.2) is 12.8 Å². The molecular formula is C31H38FN3O4S. The molecule has 0 aliphatic rings. The lowest BCUT2D eigenvalue weighted by Crippen LogP contribution is -2.51. The summed E-state index contributed by atoms with van der Waals surface area (Å²) in [6.45, 7) is 11.0. The number of hydrogen-bond acceptors (Lipinski definition) is 4. The van der Waals surface area contributed by atoms with Gasteiger partial charge in [0, 0.05) is 13.1 Å². The normalized spacial score (nSPS) is 12.2. The molecule has 214 valence electrons. The average Bonchev–Trinajstić information content (AvgIpc) is 2.89. The lowest BCUT2D eigenvalue weighted by Gasteiger charge is -2.32. The van der Waals surface area contributed by atoms with Gasteiger partial charge < -0.3 is 10.2 Å². The average molecular weight is 568 g/mol. The predicted octanol–water partition coefficient (Wildman–Crippen LogP) is 5.14. The van der Waals surface area contributed by atoms with Gasteiger partial charge in [-0.2, -0.15) is 0 Å². The van der Waals surface area contributed by atoms with Crippen LogP contribution in [0.4, 0.5) is 10.1 Å². The molecule has 0 aliphatic heterocycles. The SMILES string of the molecule is Cc1ccc(S(=O)(=O)N(CC(=O)N(Cc2ccc(F)cc2)[C@@H](C)C(=O)NCC(C)C)c2cc(C)cc(C)c2)cc1. The number of anilines is 1. The summed E-state index contributed by atoms with van der Waals surface area (Å²) in [7, 11) is -4.14. The zero-order chi connectivity index (χ0) is 29.6. The summed E-state index contributed by atoms with van der Waals surface area (Å²) >= 11 is 0. The Labute approximate surface area is 237 Å². The molecule has 1 atom stereocenters. The number of amides is 2. The Kier molecular flexibility index (Phi) is 10.1. The van der Waals surface area contributed by atoms with Crippen molar-refractivity contribution in [3.63, 3.8) is 0 Å². The number of nitrogens with zero attached hydrogens (tertiary/aromatic N) is 2. The molecule has 2 amide bonds. The van der Waals surface area contributed by atoms with Crippen LogP contribution in [0.25, 0.3) is 0 Å². The molecule has 9 heteroatoms. The fraction of sp³-hybridized carbons (Fsp3) is 0.355. The second kappa shape index (κ2) is 13.1. The van der Waals surface area contributed by atoms with Crippen LogP contribution in [0, 0.1) is 32.5 Å². The standard InChI is InChI=1S/C31H38FN3O4S/c1-21(2)18-33-31(37)25(6)34(19-26-9-11-27(32)12-10-26)30(36)20-35(28-16-23(4)15-24(5)17-28)40(38,39)29-13-7-22(3)8-14-29/h7-17,21,25H,18-20H2,1-6H3,(H,33,37)/t25-/m0/s1. The molecule has 3 aromatic rings. The molecular weight excluding hydrogens is 529 g/mol. The molecule has 40 heavy (non-hydrogen) atoms. The van der Waals surface area contributed by atoms with E-state index in [1.165, 1.54) is 29.2 Å². The second-order valence-corrected chi connectivity index (χ2v) is 12.5. The van der Waals surface area contributed by atoms with E-state index in [4.69, 9.17) is 0 Å². The monoisotopic (exact) mass is 567 g/mol. The quantitative estimate of drug-likeness (QED) is 0.348. The van der Waals surface area contributed by atoms with Gasteiger partial charge in [-0.1, -0.05) is 49.7 Å². The van der Waals surface area contributed by atoms with Crippen LogP contribution < -0.4 is 9.62 Å². The molecule has 0 unspecified atom stereocenters. The van der Waals surface area contributed by atoms with Crippen LogP contribution in [0.2, 0.25) is 0 Å². The molecule has 0 bridgehead atoms. The zero-order valence-corrected chi connectivity index (χ0v) is 24.8. The highest BCUT2D eigenvalue weighted by atomic mass is 32.2. The number of nitrogens with one attached hydrogen (secondary N) is 1. The van der Waals surface area contributed by atoms with E-state index in [1.807, 2.05) is 40.7 Å². The van der Waals surface area contributed by atoms with Crippen molar-refractivity contribution in [2.24, 2.45) is 5.92 Å². The first kappa shape index (κ1) is 30.8. The summed E-state index contributed by atoms with van der Waals surface area (Å²) in [5.41, 5.74) is 3.55. The Morgan fingerprint density at radius 3 is 1.98 bits per heavy atom. The highest BCUT2D eigenvalue weighted by Crippen LogP contribution is 2.27.